The average Bonchev–Trinajstić information content (AvgIpc) is 2.31. The first kappa shape index (κ1) is 15.6. The van der Waals surface area contributed by atoms with Crippen molar-refractivity contribution in [1.82, 2.24) is 5.32 Å². The second kappa shape index (κ2) is 7.84. The number of nitrogens with one attached hydrogen (secondary N) is 1. The summed E-state index contributed by atoms with van der Waals surface area (Å²) in [6.07, 6.45) is 0.392. The maximum Gasteiger partial charge on any atom is 0.305 e. The molecular weight excluding hydrogens is 222 g/mol. The standard InChI is InChI=1S/C12H21NO4/c1-8(2)10(7-14)13-12(16)9(3)5-6-11(15)17-4/h8,10,14H,3,5-7H2,1-2,4H3,(H,13,16)/t10-/m1/s1. The molecule has 0 aliphatic heterocycles. The van der Waals surface area contributed by atoms with Crippen LogP contribution in [0.2, 0.25) is 0 Å². The minimum absolute atomic E-state index is 0.117. The van der Waals surface area contributed by atoms with Gasteiger partial charge in [0.2, 0.25) is 5.91 Å². The summed E-state index contributed by atoms with van der Waals surface area (Å²) >= 11 is 0. The lowest BCUT2D eigenvalue weighted by Gasteiger charge is -2.20. The molecule has 5 nitrogen and oxygen atoms in total. The third-order valence-corrected chi connectivity index (χ3v) is 2.50. The monoisotopic (exact) mass is 243 g/mol. The summed E-state index contributed by atoms with van der Waals surface area (Å²) in [5, 5.41) is 11.7. The van der Waals surface area contributed by atoms with Gasteiger partial charge in [0.15, 0.2) is 0 Å². The topological polar surface area (TPSA) is 75.6 Å². The van der Waals surface area contributed by atoms with Crippen LogP contribution in [0.1, 0.15) is 26.7 Å². The van der Waals surface area contributed by atoms with E-state index in [9.17, 15) is 9.59 Å². The molecule has 0 bridgehead atoms. The Labute approximate surface area is 102 Å². The smallest absolute Gasteiger partial charge is 0.305 e. The molecule has 2 N–H and O–H groups in total. The molecule has 0 rings (SSSR count). The van der Waals surface area contributed by atoms with Crippen molar-refractivity contribution < 1.29 is 19.4 Å². The fourth-order valence-electron chi connectivity index (χ4n) is 1.16. The molecule has 0 radical (unpaired) electrons. The Morgan fingerprint density at radius 3 is 2.35 bits per heavy atom. The first-order valence-electron chi connectivity index (χ1n) is 5.58. The molecule has 1 amide bonds. The fourth-order valence-corrected chi connectivity index (χ4v) is 1.16. The summed E-state index contributed by atoms with van der Waals surface area (Å²) in [4.78, 5) is 22.5. The Kier molecular flexibility index (Phi) is 7.21. The predicted octanol–water partition coefficient (Wildman–Crippen LogP) is 0.629. The van der Waals surface area contributed by atoms with Crippen LogP contribution in [-0.4, -0.2) is 36.7 Å². The van der Waals surface area contributed by atoms with Gasteiger partial charge < -0.3 is 15.2 Å². The van der Waals surface area contributed by atoms with Crippen LogP contribution in [0.3, 0.4) is 0 Å². The van der Waals surface area contributed by atoms with Crippen molar-refractivity contribution in [1.29, 1.82) is 0 Å². The number of methoxy groups -OCH3 is 1. The number of carbonyl (C=O) groups excluding carboxylic acids is 2. The lowest BCUT2D eigenvalue weighted by atomic mass is 10.0. The van der Waals surface area contributed by atoms with Crippen LogP contribution in [0, 0.1) is 5.92 Å². The summed E-state index contributed by atoms with van der Waals surface area (Å²) < 4.78 is 4.47. The van der Waals surface area contributed by atoms with Crippen LogP contribution in [-0.2, 0) is 14.3 Å². The molecule has 0 aromatic carbocycles. The van der Waals surface area contributed by atoms with Gasteiger partial charge in [-0.05, 0) is 12.3 Å². The van der Waals surface area contributed by atoms with Crippen molar-refractivity contribution >= 4 is 11.9 Å². The Morgan fingerprint density at radius 2 is 1.94 bits per heavy atom. The first-order chi connectivity index (χ1) is 7.92. The van der Waals surface area contributed by atoms with Crippen LogP contribution in [0.15, 0.2) is 12.2 Å². The molecule has 0 aromatic rings. The minimum Gasteiger partial charge on any atom is -0.469 e. The van der Waals surface area contributed by atoms with E-state index in [1.807, 2.05) is 13.8 Å². The number of hydrogen-bond donors (Lipinski definition) is 2. The highest BCUT2D eigenvalue weighted by atomic mass is 16.5. The maximum absolute atomic E-state index is 11.6. The summed E-state index contributed by atoms with van der Waals surface area (Å²) in [6, 6.07) is -0.294. The second-order valence-electron chi connectivity index (χ2n) is 4.19. The van der Waals surface area contributed by atoms with Crippen molar-refractivity contribution in [3.05, 3.63) is 12.2 Å². The van der Waals surface area contributed by atoms with Gasteiger partial charge in [-0.25, -0.2) is 0 Å². The van der Waals surface area contributed by atoms with E-state index in [0.717, 1.165) is 0 Å². The number of hydrogen-bond acceptors (Lipinski definition) is 4. The number of aliphatic hydroxyl groups is 1. The highest BCUT2D eigenvalue weighted by Crippen LogP contribution is 2.06. The predicted molar refractivity (Wildman–Crippen MR) is 64.2 cm³/mol. The van der Waals surface area contributed by atoms with Gasteiger partial charge in [0.1, 0.15) is 0 Å². The highest BCUT2D eigenvalue weighted by Gasteiger charge is 2.17. The molecule has 0 aromatic heterocycles. The zero-order chi connectivity index (χ0) is 13.4. The van der Waals surface area contributed by atoms with Gasteiger partial charge in [-0.1, -0.05) is 20.4 Å². The SMILES string of the molecule is C=C(CCC(=O)OC)C(=O)N[C@H](CO)C(C)C. The van der Waals surface area contributed by atoms with Crippen molar-refractivity contribution in [2.45, 2.75) is 32.7 Å². The van der Waals surface area contributed by atoms with E-state index in [0.29, 0.717) is 5.57 Å². The number of amides is 1. The third kappa shape index (κ3) is 6.06. The second-order valence-corrected chi connectivity index (χ2v) is 4.19. The van der Waals surface area contributed by atoms with Gasteiger partial charge in [-0.2, -0.15) is 0 Å². The number of esters is 1. The van der Waals surface area contributed by atoms with Crippen LogP contribution in [0.5, 0.6) is 0 Å². The molecule has 98 valence electrons. The van der Waals surface area contributed by atoms with Gasteiger partial charge in [0.25, 0.3) is 0 Å². The molecule has 0 fully saturated rings. The summed E-state index contributed by atoms with van der Waals surface area (Å²) in [5.74, 6) is -0.569. The zero-order valence-corrected chi connectivity index (χ0v) is 10.7. The van der Waals surface area contributed by atoms with E-state index in [1.165, 1.54) is 7.11 Å². The molecule has 0 spiro atoms. The van der Waals surface area contributed by atoms with E-state index in [2.05, 4.69) is 16.6 Å². The Hall–Kier alpha value is -1.36. The van der Waals surface area contributed by atoms with E-state index in [-0.39, 0.29) is 43.3 Å². The molecular formula is C12H21NO4. The first-order valence-corrected chi connectivity index (χ1v) is 5.58. The molecule has 17 heavy (non-hydrogen) atoms. The Bertz CT molecular complexity index is 286. The van der Waals surface area contributed by atoms with Gasteiger partial charge in [-0.3, -0.25) is 9.59 Å². The van der Waals surface area contributed by atoms with Crippen LogP contribution < -0.4 is 5.32 Å². The van der Waals surface area contributed by atoms with Crippen molar-refractivity contribution in [3.63, 3.8) is 0 Å². The maximum atomic E-state index is 11.6. The summed E-state index contributed by atoms with van der Waals surface area (Å²) in [5.41, 5.74) is 0.314. The molecule has 0 aliphatic rings. The largest absolute Gasteiger partial charge is 0.469 e. The van der Waals surface area contributed by atoms with Crippen molar-refractivity contribution in [2.75, 3.05) is 13.7 Å². The van der Waals surface area contributed by atoms with Crippen LogP contribution in [0.4, 0.5) is 0 Å². The molecule has 0 saturated carbocycles. The van der Waals surface area contributed by atoms with Gasteiger partial charge in [0, 0.05) is 12.0 Å². The van der Waals surface area contributed by atoms with Crippen LogP contribution >= 0.6 is 0 Å². The van der Waals surface area contributed by atoms with Crippen molar-refractivity contribution in [2.24, 2.45) is 5.92 Å². The van der Waals surface area contributed by atoms with E-state index < -0.39 is 0 Å². The Morgan fingerprint density at radius 1 is 1.35 bits per heavy atom. The normalized spacial score (nSPS) is 12.1. The number of rotatable bonds is 7. The molecule has 1 atom stereocenters. The van der Waals surface area contributed by atoms with E-state index in [1.54, 1.807) is 0 Å². The lowest BCUT2D eigenvalue weighted by Crippen LogP contribution is -2.41. The average molecular weight is 243 g/mol. The zero-order valence-electron chi connectivity index (χ0n) is 10.7. The van der Waals surface area contributed by atoms with E-state index >= 15 is 0 Å². The quantitative estimate of drug-likeness (QED) is 0.508. The molecule has 0 heterocycles. The van der Waals surface area contributed by atoms with Crippen LogP contribution in [0.25, 0.3) is 0 Å². The fraction of sp³-hybridized carbons (Fsp3) is 0.667. The lowest BCUT2D eigenvalue weighted by molar-refractivity contribution is -0.140. The Balaban J connectivity index is 4.13. The molecule has 5 heteroatoms. The summed E-state index contributed by atoms with van der Waals surface area (Å²) in [7, 11) is 1.30. The third-order valence-electron chi connectivity index (χ3n) is 2.50. The number of ether oxygens (including phenoxy) is 1. The number of aliphatic hydroxyl groups excluding tert-OH is 1. The molecule has 0 saturated heterocycles. The molecule has 0 unspecified atom stereocenters. The van der Waals surface area contributed by atoms with Crippen molar-refractivity contribution in [3.8, 4) is 0 Å². The number of carbonyl (C=O) groups is 2. The van der Waals surface area contributed by atoms with Gasteiger partial charge in [0.05, 0.1) is 19.8 Å². The molecule has 0 aliphatic carbocycles. The minimum atomic E-state index is -0.374. The highest BCUT2D eigenvalue weighted by molar-refractivity contribution is 5.93. The van der Waals surface area contributed by atoms with Gasteiger partial charge >= 0.3 is 5.97 Å². The summed E-state index contributed by atoms with van der Waals surface area (Å²) in [6.45, 7) is 7.29. The van der Waals surface area contributed by atoms with Gasteiger partial charge in [-0.15, -0.1) is 0 Å². The van der Waals surface area contributed by atoms with E-state index in [4.69, 9.17) is 5.11 Å².